The second kappa shape index (κ2) is 7.89. The number of benzene rings is 1. The van der Waals surface area contributed by atoms with Gasteiger partial charge < -0.3 is 15.2 Å². The lowest BCUT2D eigenvalue weighted by atomic mass is 9.83. The number of carbonyl (C=O) groups excluding carboxylic acids is 1. The number of carbonyl (C=O) groups is 1. The molecule has 2 N–H and O–H groups in total. The van der Waals surface area contributed by atoms with E-state index in [1.165, 1.54) is 24.3 Å². The lowest BCUT2D eigenvalue weighted by molar-refractivity contribution is -0.384. The number of hydrogen-bond donors (Lipinski definition) is 1. The number of ether oxygens (including phenoxy) is 2. The van der Waals surface area contributed by atoms with E-state index >= 15 is 0 Å². The molecule has 0 fully saturated rings. The highest BCUT2D eigenvalue weighted by Gasteiger charge is 2.37. The number of nitro benzene ring substituents is 1. The van der Waals surface area contributed by atoms with Crippen LogP contribution in [0.3, 0.4) is 0 Å². The van der Waals surface area contributed by atoms with E-state index < -0.39 is 22.9 Å². The molecule has 26 heavy (non-hydrogen) atoms. The maximum atomic E-state index is 12.6. The van der Waals surface area contributed by atoms with E-state index in [0.29, 0.717) is 5.56 Å². The zero-order chi connectivity index (χ0) is 19.4. The van der Waals surface area contributed by atoms with Crippen molar-refractivity contribution < 1.29 is 19.2 Å². The molecule has 1 atom stereocenters. The molecule has 1 aliphatic heterocycles. The largest absolute Gasteiger partial charge is 0.459 e. The number of nitrogens with zero attached hydrogens (tertiary/aromatic N) is 2. The van der Waals surface area contributed by atoms with Crippen molar-refractivity contribution in [1.29, 1.82) is 5.26 Å². The fraction of sp³-hybridized carbons (Fsp3) is 0.294. The van der Waals surface area contributed by atoms with E-state index in [1.807, 2.05) is 6.07 Å². The molecule has 0 saturated heterocycles. The van der Waals surface area contributed by atoms with E-state index in [2.05, 4.69) is 0 Å². The summed E-state index contributed by atoms with van der Waals surface area (Å²) >= 11 is 5.89. The number of nitro groups is 1. The van der Waals surface area contributed by atoms with E-state index in [1.54, 1.807) is 13.8 Å². The predicted molar refractivity (Wildman–Crippen MR) is 92.7 cm³/mol. The van der Waals surface area contributed by atoms with Crippen molar-refractivity contribution in [3.05, 3.63) is 62.7 Å². The van der Waals surface area contributed by atoms with Gasteiger partial charge in [-0.05, 0) is 19.4 Å². The molecule has 1 aliphatic rings. The van der Waals surface area contributed by atoms with Crippen LogP contribution in [0.4, 0.5) is 5.69 Å². The molecule has 1 unspecified atom stereocenters. The molecule has 9 heteroatoms. The molecule has 0 amide bonds. The average molecular weight is 378 g/mol. The standard InChI is InChI=1S/C17H16ClN3O5/c1-9(2)25-17(22)15-13(7-18)26-16(20)12(8-19)14(15)10-3-5-11(6-4-10)21(23)24/h3-6,9,14H,7,20H2,1-2H3. The molecule has 1 heterocycles. The normalized spacial score (nSPS) is 17.0. The lowest BCUT2D eigenvalue weighted by Crippen LogP contribution is -2.28. The number of halogens is 1. The third kappa shape index (κ3) is 3.78. The first-order valence-electron chi connectivity index (χ1n) is 7.62. The Hall–Kier alpha value is -3.05. The molecule has 0 aliphatic carbocycles. The van der Waals surface area contributed by atoms with Gasteiger partial charge in [0.15, 0.2) is 0 Å². The number of esters is 1. The number of alkyl halides is 1. The Labute approximate surface area is 154 Å². The van der Waals surface area contributed by atoms with Crippen LogP contribution in [-0.2, 0) is 14.3 Å². The van der Waals surface area contributed by atoms with Crippen LogP contribution in [0, 0.1) is 21.4 Å². The third-order valence-corrected chi connectivity index (χ3v) is 3.86. The molecule has 8 nitrogen and oxygen atoms in total. The van der Waals surface area contributed by atoms with Gasteiger partial charge in [0.1, 0.15) is 17.4 Å². The highest BCUT2D eigenvalue weighted by molar-refractivity contribution is 6.19. The van der Waals surface area contributed by atoms with Gasteiger partial charge in [-0.1, -0.05) is 12.1 Å². The smallest absolute Gasteiger partial charge is 0.338 e. The molecule has 1 aromatic carbocycles. The van der Waals surface area contributed by atoms with Gasteiger partial charge in [-0.25, -0.2) is 4.79 Å². The first-order valence-corrected chi connectivity index (χ1v) is 8.15. The predicted octanol–water partition coefficient (Wildman–Crippen LogP) is 2.85. The summed E-state index contributed by atoms with van der Waals surface area (Å²) in [5.74, 6) is -1.84. The Balaban J connectivity index is 2.61. The summed E-state index contributed by atoms with van der Waals surface area (Å²) in [5.41, 5.74) is 6.19. The second-order valence-corrected chi connectivity index (χ2v) is 5.97. The molecular weight excluding hydrogens is 362 g/mol. The molecule has 1 aromatic rings. The Bertz CT molecular complexity index is 837. The zero-order valence-corrected chi connectivity index (χ0v) is 14.8. The highest BCUT2D eigenvalue weighted by atomic mass is 35.5. The minimum atomic E-state index is -0.894. The molecule has 0 bridgehead atoms. The van der Waals surface area contributed by atoms with Crippen LogP contribution in [0.5, 0.6) is 0 Å². The Morgan fingerprint density at radius 3 is 2.54 bits per heavy atom. The monoisotopic (exact) mass is 377 g/mol. The van der Waals surface area contributed by atoms with Crippen LogP contribution in [-0.4, -0.2) is 22.9 Å². The highest BCUT2D eigenvalue weighted by Crippen LogP contribution is 2.40. The maximum absolute atomic E-state index is 12.6. The minimum Gasteiger partial charge on any atom is -0.459 e. The van der Waals surface area contributed by atoms with E-state index in [9.17, 15) is 20.2 Å². The summed E-state index contributed by atoms with van der Waals surface area (Å²) in [6.07, 6.45) is -0.405. The Morgan fingerprint density at radius 2 is 2.08 bits per heavy atom. The van der Waals surface area contributed by atoms with Crippen molar-refractivity contribution in [3.8, 4) is 6.07 Å². The van der Waals surface area contributed by atoms with Gasteiger partial charge in [0.05, 0.1) is 28.4 Å². The van der Waals surface area contributed by atoms with Crippen molar-refractivity contribution in [3.63, 3.8) is 0 Å². The van der Waals surface area contributed by atoms with Crippen molar-refractivity contribution in [2.45, 2.75) is 25.9 Å². The molecule has 0 radical (unpaired) electrons. The van der Waals surface area contributed by atoms with E-state index in [-0.39, 0.29) is 34.4 Å². The Kier molecular flexibility index (Phi) is 5.85. The average Bonchev–Trinajstić information content (AvgIpc) is 2.59. The van der Waals surface area contributed by atoms with Crippen molar-refractivity contribution in [2.75, 3.05) is 5.88 Å². The third-order valence-electron chi connectivity index (χ3n) is 3.62. The molecule has 136 valence electrons. The van der Waals surface area contributed by atoms with Gasteiger partial charge >= 0.3 is 5.97 Å². The second-order valence-electron chi connectivity index (χ2n) is 5.70. The molecular formula is C17H16ClN3O5. The van der Waals surface area contributed by atoms with Gasteiger partial charge in [0.2, 0.25) is 5.88 Å². The number of hydrogen-bond acceptors (Lipinski definition) is 7. The fourth-order valence-electron chi connectivity index (χ4n) is 2.54. The van der Waals surface area contributed by atoms with Crippen LogP contribution in [0.2, 0.25) is 0 Å². The molecule has 2 rings (SSSR count). The quantitative estimate of drug-likeness (QED) is 0.361. The maximum Gasteiger partial charge on any atom is 0.338 e. The van der Waals surface area contributed by atoms with Crippen LogP contribution in [0.1, 0.15) is 25.3 Å². The van der Waals surface area contributed by atoms with Gasteiger partial charge in [0.25, 0.3) is 5.69 Å². The van der Waals surface area contributed by atoms with Gasteiger partial charge in [0, 0.05) is 12.1 Å². The van der Waals surface area contributed by atoms with Gasteiger partial charge in [-0.2, -0.15) is 5.26 Å². The lowest BCUT2D eigenvalue weighted by Gasteiger charge is -2.27. The van der Waals surface area contributed by atoms with Crippen molar-refractivity contribution >= 4 is 23.3 Å². The van der Waals surface area contributed by atoms with Gasteiger partial charge in [-0.15, -0.1) is 11.6 Å². The van der Waals surface area contributed by atoms with Gasteiger partial charge in [-0.3, -0.25) is 10.1 Å². The number of nitrogens with two attached hydrogens (primary N) is 1. The summed E-state index contributed by atoms with van der Waals surface area (Å²) in [5, 5.41) is 20.3. The zero-order valence-electron chi connectivity index (χ0n) is 14.1. The number of rotatable bonds is 5. The summed E-state index contributed by atoms with van der Waals surface area (Å²) in [6.45, 7) is 3.36. The summed E-state index contributed by atoms with van der Waals surface area (Å²) in [7, 11) is 0. The summed E-state index contributed by atoms with van der Waals surface area (Å²) in [4.78, 5) is 22.9. The minimum absolute atomic E-state index is 0.00317. The van der Waals surface area contributed by atoms with Crippen molar-refractivity contribution in [2.24, 2.45) is 5.73 Å². The van der Waals surface area contributed by atoms with Crippen LogP contribution < -0.4 is 5.73 Å². The Morgan fingerprint density at radius 1 is 1.46 bits per heavy atom. The van der Waals surface area contributed by atoms with Crippen LogP contribution in [0.25, 0.3) is 0 Å². The van der Waals surface area contributed by atoms with Crippen LogP contribution in [0.15, 0.2) is 47.1 Å². The first kappa shape index (κ1) is 19.3. The molecule has 0 saturated carbocycles. The first-order chi connectivity index (χ1) is 12.3. The number of nitriles is 1. The van der Waals surface area contributed by atoms with Crippen LogP contribution >= 0.6 is 11.6 Å². The molecule has 0 aromatic heterocycles. The topological polar surface area (TPSA) is 128 Å². The summed E-state index contributed by atoms with van der Waals surface area (Å²) in [6, 6.07) is 7.40. The molecule has 0 spiro atoms. The van der Waals surface area contributed by atoms with E-state index in [4.69, 9.17) is 26.8 Å². The number of non-ortho nitro benzene ring substituents is 1. The fourth-order valence-corrected chi connectivity index (χ4v) is 2.74. The number of allylic oxidation sites excluding steroid dienone is 2. The summed E-state index contributed by atoms with van der Waals surface area (Å²) < 4.78 is 10.6. The van der Waals surface area contributed by atoms with Crippen molar-refractivity contribution in [1.82, 2.24) is 0 Å². The van der Waals surface area contributed by atoms with E-state index in [0.717, 1.165) is 0 Å². The SMILES string of the molecule is CC(C)OC(=O)C1=C(CCl)OC(N)=C(C#N)C1c1ccc([N+](=O)[O-])cc1.